The van der Waals surface area contributed by atoms with Crippen LogP contribution in [0.25, 0.3) is 0 Å². The van der Waals surface area contributed by atoms with E-state index >= 15 is 0 Å². The molecule has 2 unspecified atom stereocenters. The lowest BCUT2D eigenvalue weighted by Gasteiger charge is -2.36. The Bertz CT molecular complexity index is 466. The molecule has 20 heavy (non-hydrogen) atoms. The number of amides is 1. The number of para-hydroxylation sites is 1. The second-order valence-corrected chi connectivity index (χ2v) is 6.46. The third-order valence-corrected chi connectivity index (χ3v) is 4.92. The smallest absolute Gasteiger partial charge is 0.227 e. The van der Waals surface area contributed by atoms with Crippen LogP contribution in [0, 0.1) is 0 Å². The van der Waals surface area contributed by atoms with E-state index in [-0.39, 0.29) is 5.91 Å². The number of piperidine rings is 1. The molecular formula is C15H23N3OS. The van der Waals surface area contributed by atoms with E-state index in [1.165, 1.54) is 11.8 Å². The molecule has 110 valence electrons. The molecule has 1 fully saturated rings. The molecule has 0 saturated carbocycles. The molecule has 0 aliphatic carbocycles. The number of carbonyl (C=O) groups excluding carboxylic acids is 1. The molecule has 1 aromatic rings. The van der Waals surface area contributed by atoms with Gasteiger partial charge in [-0.2, -0.15) is 0 Å². The number of carbonyl (C=O) groups is 1. The van der Waals surface area contributed by atoms with Crippen molar-refractivity contribution in [2.75, 3.05) is 24.7 Å². The summed E-state index contributed by atoms with van der Waals surface area (Å²) in [6.07, 6.45) is 2.29. The third kappa shape index (κ3) is 4.15. The van der Waals surface area contributed by atoms with Gasteiger partial charge in [-0.05, 0) is 38.9 Å². The molecule has 3 N–H and O–H groups in total. The van der Waals surface area contributed by atoms with Crippen LogP contribution in [0.2, 0.25) is 0 Å². The van der Waals surface area contributed by atoms with Gasteiger partial charge in [-0.25, -0.2) is 0 Å². The van der Waals surface area contributed by atoms with E-state index in [1.54, 1.807) is 0 Å². The van der Waals surface area contributed by atoms with Gasteiger partial charge in [0, 0.05) is 29.2 Å². The van der Waals surface area contributed by atoms with E-state index in [2.05, 4.69) is 30.3 Å². The summed E-state index contributed by atoms with van der Waals surface area (Å²) in [6, 6.07) is 9.23. The predicted molar refractivity (Wildman–Crippen MR) is 85.1 cm³/mol. The minimum Gasteiger partial charge on any atom is -0.381 e. The molecule has 0 radical (unpaired) electrons. The number of likely N-dealkylation sites (tertiary alicyclic amines) is 1. The number of nitrogens with zero attached hydrogens (tertiary/aromatic N) is 1. The average molecular weight is 293 g/mol. The Morgan fingerprint density at radius 2 is 2.25 bits per heavy atom. The number of hydrogen-bond donors (Lipinski definition) is 2. The Morgan fingerprint density at radius 3 is 2.95 bits per heavy atom. The molecule has 1 heterocycles. The lowest BCUT2D eigenvalue weighted by atomic mass is 9.99. The number of anilines is 1. The maximum Gasteiger partial charge on any atom is 0.227 e. The highest BCUT2D eigenvalue weighted by atomic mass is 32.2. The van der Waals surface area contributed by atoms with Gasteiger partial charge in [0.25, 0.3) is 0 Å². The van der Waals surface area contributed by atoms with Crippen molar-refractivity contribution in [1.29, 1.82) is 0 Å². The Kier molecular flexibility index (Phi) is 5.31. The summed E-state index contributed by atoms with van der Waals surface area (Å²) in [7, 11) is 2.18. The van der Waals surface area contributed by atoms with Crippen molar-refractivity contribution in [3.8, 4) is 0 Å². The van der Waals surface area contributed by atoms with Gasteiger partial charge < -0.3 is 16.0 Å². The number of primary amides is 1. The topological polar surface area (TPSA) is 58.4 Å². The Morgan fingerprint density at radius 1 is 1.50 bits per heavy atom. The standard InChI is InChI=1S/C15H23N3OS/c1-11-9-12(7-8-18(11)2)17-13-5-3-4-6-14(13)20-10-15(16)19/h3-6,11-12,17H,7-10H2,1-2H3,(H2,16,19). The Labute approximate surface area is 125 Å². The SMILES string of the molecule is CC1CC(Nc2ccccc2SCC(N)=O)CCN1C. The van der Waals surface area contributed by atoms with Crippen molar-refractivity contribution in [2.45, 2.75) is 36.7 Å². The number of thioether (sulfide) groups is 1. The van der Waals surface area contributed by atoms with E-state index in [4.69, 9.17) is 5.73 Å². The highest BCUT2D eigenvalue weighted by Crippen LogP contribution is 2.29. The first-order valence-corrected chi connectivity index (χ1v) is 8.01. The Balaban J connectivity index is 2.00. The summed E-state index contributed by atoms with van der Waals surface area (Å²) in [6.45, 7) is 3.39. The van der Waals surface area contributed by atoms with E-state index in [9.17, 15) is 4.79 Å². The number of benzene rings is 1. The van der Waals surface area contributed by atoms with Crippen LogP contribution in [0.15, 0.2) is 29.2 Å². The summed E-state index contributed by atoms with van der Waals surface area (Å²) in [4.78, 5) is 14.4. The first-order valence-electron chi connectivity index (χ1n) is 7.03. The zero-order valence-electron chi connectivity index (χ0n) is 12.1. The highest BCUT2D eigenvalue weighted by molar-refractivity contribution is 8.00. The molecule has 4 nitrogen and oxygen atoms in total. The first kappa shape index (κ1) is 15.2. The normalized spacial score (nSPS) is 23.5. The second kappa shape index (κ2) is 6.99. The van der Waals surface area contributed by atoms with Gasteiger partial charge in [-0.3, -0.25) is 4.79 Å². The lowest BCUT2D eigenvalue weighted by Crippen LogP contribution is -2.42. The second-order valence-electron chi connectivity index (χ2n) is 5.45. The van der Waals surface area contributed by atoms with Gasteiger partial charge in [0.2, 0.25) is 5.91 Å². The van der Waals surface area contributed by atoms with Crippen LogP contribution in [0.3, 0.4) is 0 Å². The van der Waals surface area contributed by atoms with Gasteiger partial charge in [-0.15, -0.1) is 11.8 Å². The molecule has 0 aromatic heterocycles. The van der Waals surface area contributed by atoms with Crippen molar-refractivity contribution in [1.82, 2.24) is 4.90 Å². The summed E-state index contributed by atoms with van der Waals surface area (Å²) in [5.41, 5.74) is 6.33. The molecule has 5 heteroatoms. The minimum absolute atomic E-state index is 0.280. The quantitative estimate of drug-likeness (QED) is 0.817. The number of rotatable bonds is 5. The monoisotopic (exact) mass is 293 g/mol. The van der Waals surface area contributed by atoms with Gasteiger partial charge >= 0.3 is 0 Å². The summed E-state index contributed by atoms with van der Waals surface area (Å²) >= 11 is 1.50. The zero-order chi connectivity index (χ0) is 14.5. The highest BCUT2D eigenvalue weighted by Gasteiger charge is 2.23. The van der Waals surface area contributed by atoms with E-state index in [0.29, 0.717) is 17.8 Å². The van der Waals surface area contributed by atoms with Crippen LogP contribution in [-0.4, -0.2) is 42.2 Å². The Hall–Kier alpha value is -1.20. The fourth-order valence-electron chi connectivity index (χ4n) is 2.50. The minimum atomic E-state index is -0.280. The van der Waals surface area contributed by atoms with Gasteiger partial charge in [0.1, 0.15) is 0 Å². The van der Waals surface area contributed by atoms with Gasteiger partial charge in [0.15, 0.2) is 0 Å². The number of hydrogen-bond acceptors (Lipinski definition) is 4. The van der Waals surface area contributed by atoms with Gasteiger partial charge in [-0.1, -0.05) is 12.1 Å². The molecule has 0 bridgehead atoms. The van der Waals surface area contributed by atoms with Crippen LogP contribution < -0.4 is 11.1 Å². The predicted octanol–water partition coefficient (Wildman–Crippen LogP) is 2.16. The lowest BCUT2D eigenvalue weighted by molar-refractivity contribution is -0.115. The molecule has 1 aliphatic rings. The van der Waals surface area contributed by atoms with Crippen LogP contribution in [-0.2, 0) is 4.79 Å². The zero-order valence-corrected chi connectivity index (χ0v) is 13.0. The van der Waals surface area contributed by atoms with E-state index in [1.807, 2.05) is 18.2 Å². The first-order chi connectivity index (χ1) is 9.56. The summed E-state index contributed by atoms with van der Waals surface area (Å²) in [5.74, 6) is 0.0420. The van der Waals surface area contributed by atoms with Crippen molar-refractivity contribution in [3.63, 3.8) is 0 Å². The summed E-state index contributed by atoms with van der Waals surface area (Å²) < 4.78 is 0. The van der Waals surface area contributed by atoms with Crippen LogP contribution >= 0.6 is 11.8 Å². The molecule has 2 atom stereocenters. The molecule has 1 aliphatic heterocycles. The fraction of sp³-hybridized carbons (Fsp3) is 0.533. The van der Waals surface area contributed by atoms with Crippen molar-refractivity contribution < 1.29 is 4.79 Å². The number of nitrogens with one attached hydrogen (secondary N) is 1. The number of nitrogens with two attached hydrogens (primary N) is 1. The summed E-state index contributed by atoms with van der Waals surface area (Å²) in [5, 5.41) is 3.62. The van der Waals surface area contributed by atoms with Crippen molar-refractivity contribution in [3.05, 3.63) is 24.3 Å². The van der Waals surface area contributed by atoms with Crippen LogP contribution in [0.4, 0.5) is 5.69 Å². The average Bonchev–Trinajstić information content (AvgIpc) is 2.42. The van der Waals surface area contributed by atoms with Crippen molar-refractivity contribution >= 4 is 23.4 Å². The van der Waals surface area contributed by atoms with Crippen molar-refractivity contribution in [2.24, 2.45) is 5.73 Å². The van der Waals surface area contributed by atoms with Crippen LogP contribution in [0.1, 0.15) is 19.8 Å². The largest absolute Gasteiger partial charge is 0.381 e. The molecular weight excluding hydrogens is 270 g/mol. The maximum absolute atomic E-state index is 10.9. The van der Waals surface area contributed by atoms with Gasteiger partial charge in [0.05, 0.1) is 5.75 Å². The van der Waals surface area contributed by atoms with E-state index < -0.39 is 0 Å². The third-order valence-electron chi connectivity index (χ3n) is 3.82. The fourth-order valence-corrected chi connectivity index (χ4v) is 3.26. The molecule has 2 rings (SSSR count). The molecule has 0 spiro atoms. The maximum atomic E-state index is 10.9. The van der Waals surface area contributed by atoms with E-state index in [0.717, 1.165) is 30.0 Å². The molecule has 1 aromatic carbocycles. The van der Waals surface area contributed by atoms with Crippen LogP contribution in [0.5, 0.6) is 0 Å². The molecule has 1 saturated heterocycles. The molecule has 1 amide bonds.